The van der Waals surface area contributed by atoms with Gasteiger partial charge in [0, 0.05) is 12.1 Å². The Balaban J connectivity index is 1.55. The zero-order valence-corrected chi connectivity index (χ0v) is 25.8. The summed E-state index contributed by atoms with van der Waals surface area (Å²) in [6.07, 6.45) is 0. The molecular formula is C38H39NO4. The number of amides is 1. The molecule has 5 nitrogen and oxygen atoms in total. The van der Waals surface area contributed by atoms with E-state index in [9.17, 15) is 14.7 Å². The third-order valence-electron chi connectivity index (χ3n) is 8.16. The van der Waals surface area contributed by atoms with Gasteiger partial charge in [-0.05, 0) is 77.8 Å². The van der Waals surface area contributed by atoms with Gasteiger partial charge < -0.3 is 14.7 Å². The van der Waals surface area contributed by atoms with Crippen molar-refractivity contribution in [2.75, 3.05) is 0 Å². The Labute approximate surface area is 254 Å². The zero-order valence-electron chi connectivity index (χ0n) is 25.8. The number of aliphatic hydroxyl groups is 1. The number of carbonyl (C=O) groups excluding carboxylic acids is 2. The topological polar surface area (TPSA) is 66.8 Å². The molecule has 0 spiro atoms. The first-order valence-electron chi connectivity index (χ1n) is 14.7. The predicted molar refractivity (Wildman–Crippen MR) is 171 cm³/mol. The minimum absolute atomic E-state index is 0.0547. The Morgan fingerprint density at radius 1 is 0.837 bits per heavy atom. The molecule has 1 saturated heterocycles. The summed E-state index contributed by atoms with van der Waals surface area (Å²) in [5, 5.41) is 11.7. The van der Waals surface area contributed by atoms with Gasteiger partial charge in [0.1, 0.15) is 18.1 Å². The quantitative estimate of drug-likeness (QED) is 0.138. The third-order valence-corrected chi connectivity index (χ3v) is 8.16. The van der Waals surface area contributed by atoms with Crippen LogP contribution in [0.15, 0.2) is 96.6 Å². The number of rotatable bonds is 7. The molecule has 0 bridgehead atoms. The highest BCUT2D eigenvalue weighted by atomic mass is 16.5. The molecule has 43 heavy (non-hydrogen) atoms. The van der Waals surface area contributed by atoms with Crippen molar-refractivity contribution in [3.8, 4) is 5.75 Å². The van der Waals surface area contributed by atoms with Crippen LogP contribution < -0.4 is 4.74 Å². The summed E-state index contributed by atoms with van der Waals surface area (Å²) in [6.45, 7) is 13.0. The van der Waals surface area contributed by atoms with Gasteiger partial charge in [0.25, 0.3) is 11.7 Å². The summed E-state index contributed by atoms with van der Waals surface area (Å²) in [4.78, 5) is 28.9. The predicted octanol–water partition coefficient (Wildman–Crippen LogP) is 8.11. The number of ketones is 1. The van der Waals surface area contributed by atoms with Crippen LogP contribution >= 0.6 is 0 Å². The van der Waals surface area contributed by atoms with E-state index in [4.69, 9.17) is 4.74 Å². The number of carbonyl (C=O) groups is 2. The van der Waals surface area contributed by atoms with Gasteiger partial charge >= 0.3 is 0 Å². The monoisotopic (exact) mass is 573 g/mol. The molecule has 220 valence electrons. The summed E-state index contributed by atoms with van der Waals surface area (Å²) in [5.74, 6) is -0.809. The number of Topliss-reactive ketones (excluding diaryl/α,β-unsaturated/α-hetero) is 1. The molecule has 5 heteroatoms. The van der Waals surface area contributed by atoms with Crippen molar-refractivity contribution in [1.82, 2.24) is 4.90 Å². The molecule has 1 N–H and O–H groups in total. The van der Waals surface area contributed by atoms with Crippen LogP contribution in [-0.4, -0.2) is 21.7 Å². The van der Waals surface area contributed by atoms with Crippen molar-refractivity contribution < 1.29 is 19.4 Å². The van der Waals surface area contributed by atoms with Crippen LogP contribution in [0.2, 0.25) is 0 Å². The molecule has 1 aliphatic rings. The third kappa shape index (κ3) is 6.26. The SMILES string of the molecule is Cc1ccc(C)c(CN2C(=O)C(=O)/C(=C(\O)c3ccc(OCc4ccccc4)c(C)c3)C2c2ccc(C(C)(C)C)cc2)c1. The van der Waals surface area contributed by atoms with Crippen LogP contribution in [0.4, 0.5) is 0 Å². The molecule has 1 unspecified atom stereocenters. The Hall–Kier alpha value is -4.64. The first kappa shape index (κ1) is 29.8. The summed E-state index contributed by atoms with van der Waals surface area (Å²) < 4.78 is 6.03. The second-order valence-corrected chi connectivity index (χ2v) is 12.5. The maximum absolute atomic E-state index is 13.7. The van der Waals surface area contributed by atoms with Crippen LogP contribution in [-0.2, 0) is 28.2 Å². The molecule has 0 aliphatic carbocycles. The molecule has 1 heterocycles. The van der Waals surface area contributed by atoms with Crippen molar-refractivity contribution in [3.63, 3.8) is 0 Å². The summed E-state index contributed by atoms with van der Waals surface area (Å²) in [7, 11) is 0. The van der Waals surface area contributed by atoms with Gasteiger partial charge in [-0.1, -0.05) is 99.1 Å². The van der Waals surface area contributed by atoms with Gasteiger partial charge in [-0.15, -0.1) is 0 Å². The van der Waals surface area contributed by atoms with E-state index in [2.05, 4.69) is 20.8 Å². The lowest BCUT2D eigenvalue weighted by Gasteiger charge is -2.27. The highest BCUT2D eigenvalue weighted by Gasteiger charge is 2.46. The van der Waals surface area contributed by atoms with Crippen molar-refractivity contribution >= 4 is 17.4 Å². The molecule has 0 radical (unpaired) electrons. The van der Waals surface area contributed by atoms with Crippen LogP contribution in [0.1, 0.15) is 71.3 Å². The fraction of sp³-hybridized carbons (Fsp3) is 0.263. The number of benzene rings is 4. The minimum Gasteiger partial charge on any atom is -0.507 e. The van der Waals surface area contributed by atoms with E-state index in [0.717, 1.165) is 38.9 Å². The normalized spacial score (nSPS) is 16.5. The Kier molecular flexibility index (Phi) is 8.27. The number of aliphatic hydroxyl groups excluding tert-OH is 1. The molecule has 5 rings (SSSR count). The second-order valence-electron chi connectivity index (χ2n) is 12.5. The van der Waals surface area contributed by atoms with Crippen molar-refractivity contribution in [1.29, 1.82) is 0 Å². The second kappa shape index (κ2) is 11.9. The number of hydrogen-bond donors (Lipinski definition) is 1. The number of hydrogen-bond acceptors (Lipinski definition) is 4. The lowest BCUT2D eigenvalue weighted by atomic mass is 9.85. The molecule has 1 aliphatic heterocycles. The molecule has 0 aromatic heterocycles. The van der Waals surface area contributed by atoms with Gasteiger partial charge in [0.05, 0.1) is 11.6 Å². The summed E-state index contributed by atoms with van der Waals surface area (Å²) in [6, 6.07) is 28.6. The van der Waals surface area contributed by atoms with Crippen molar-refractivity contribution in [3.05, 3.63) is 141 Å². The zero-order chi connectivity index (χ0) is 30.9. The van der Waals surface area contributed by atoms with Gasteiger partial charge in [0.15, 0.2) is 0 Å². The smallest absolute Gasteiger partial charge is 0.295 e. The van der Waals surface area contributed by atoms with E-state index in [1.165, 1.54) is 0 Å². The maximum Gasteiger partial charge on any atom is 0.295 e. The lowest BCUT2D eigenvalue weighted by Crippen LogP contribution is -2.29. The Bertz CT molecular complexity index is 1690. The molecule has 1 atom stereocenters. The largest absolute Gasteiger partial charge is 0.507 e. The van der Waals surface area contributed by atoms with Crippen molar-refractivity contribution in [2.24, 2.45) is 0 Å². The van der Waals surface area contributed by atoms with Crippen LogP contribution in [0.5, 0.6) is 5.75 Å². The Morgan fingerprint density at radius 3 is 2.19 bits per heavy atom. The van der Waals surface area contributed by atoms with E-state index >= 15 is 0 Å². The summed E-state index contributed by atoms with van der Waals surface area (Å²) in [5.41, 5.74) is 7.37. The van der Waals surface area contributed by atoms with Gasteiger partial charge in [-0.3, -0.25) is 9.59 Å². The molecule has 0 saturated carbocycles. The van der Waals surface area contributed by atoms with E-state index in [-0.39, 0.29) is 23.3 Å². The molecular weight excluding hydrogens is 534 g/mol. The molecule has 1 amide bonds. The Morgan fingerprint density at radius 2 is 1.53 bits per heavy atom. The molecule has 4 aromatic rings. The van der Waals surface area contributed by atoms with Crippen LogP contribution in [0.3, 0.4) is 0 Å². The van der Waals surface area contributed by atoms with Crippen molar-refractivity contribution in [2.45, 2.75) is 66.2 Å². The average Bonchev–Trinajstić information content (AvgIpc) is 3.23. The van der Waals surface area contributed by atoms with E-state index < -0.39 is 17.7 Å². The van der Waals surface area contributed by atoms with E-state index in [0.29, 0.717) is 17.9 Å². The molecule has 1 fully saturated rings. The number of likely N-dealkylation sites (tertiary alicyclic amines) is 1. The lowest BCUT2D eigenvalue weighted by molar-refractivity contribution is -0.140. The van der Waals surface area contributed by atoms with E-state index in [1.807, 2.05) is 93.6 Å². The average molecular weight is 574 g/mol. The number of ether oxygens (including phenoxy) is 1. The fourth-order valence-electron chi connectivity index (χ4n) is 5.56. The van der Waals surface area contributed by atoms with E-state index in [1.54, 1.807) is 23.1 Å². The van der Waals surface area contributed by atoms with Gasteiger partial charge in [0.2, 0.25) is 0 Å². The summed E-state index contributed by atoms with van der Waals surface area (Å²) >= 11 is 0. The standard InChI is InChI=1S/C38H39NO4/c1-24-12-13-25(2)30(20-24)22-39-34(28-14-17-31(18-15-28)38(4,5)6)33(36(41)37(39)42)35(40)29-16-19-32(26(3)21-29)43-23-27-10-8-7-9-11-27/h7-21,34,40H,22-23H2,1-6H3/b35-33-. The first-order valence-corrected chi connectivity index (χ1v) is 14.7. The highest BCUT2D eigenvalue weighted by molar-refractivity contribution is 6.46. The minimum atomic E-state index is -0.733. The molecule has 4 aromatic carbocycles. The van der Waals surface area contributed by atoms with Gasteiger partial charge in [-0.25, -0.2) is 0 Å². The maximum atomic E-state index is 13.7. The number of nitrogens with zero attached hydrogens (tertiary/aromatic N) is 1. The van der Waals surface area contributed by atoms with Crippen LogP contribution in [0, 0.1) is 20.8 Å². The highest BCUT2D eigenvalue weighted by Crippen LogP contribution is 2.41. The van der Waals surface area contributed by atoms with Crippen LogP contribution in [0.25, 0.3) is 5.76 Å². The first-order chi connectivity index (χ1) is 20.4. The fourth-order valence-corrected chi connectivity index (χ4v) is 5.56. The van der Waals surface area contributed by atoms with Gasteiger partial charge in [-0.2, -0.15) is 0 Å². The number of aryl methyl sites for hydroxylation is 3.